The highest BCUT2D eigenvalue weighted by atomic mass is 16.3. The van der Waals surface area contributed by atoms with E-state index in [1.165, 1.54) is 16.8 Å². The van der Waals surface area contributed by atoms with Crippen molar-refractivity contribution in [3.8, 4) is 0 Å². The molecule has 0 saturated carbocycles. The molecule has 2 fully saturated rings. The molecule has 5 nitrogen and oxygen atoms in total. The quantitative estimate of drug-likeness (QED) is 0.893. The van der Waals surface area contributed by atoms with Crippen molar-refractivity contribution in [3.63, 3.8) is 0 Å². The molecular weight excluding hydrogens is 324 g/mol. The van der Waals surface area contributed by atoms with Gasteiger partial charge in [-0.25, -0.2) is 0 Å². The number of aromatic nitrogens is 2. The first-order valence-corrected chi connectivity index (χ1v) is 9.85. The number of benzene rings is 1. The zero-order chi connectivity index (χ0) is 18.1. The molecule has 5 heteroatoms. The van der Waals surface area contributed by atoms with Gasteiger partial charge in [-0.3, -0.25) is 14.5 Å². The molecule has 26 heavy (non-hydrogen) atoms. The van der Waals surface area contributed by atoms with E-state index in [2.05, 4.69) is 63.8 Å². The van der Waals surface area contributed by atoms with Gasteiger partial charge in [0.1, 0.15) is 0 Å². The summed E-state index contributed by atoms with van der Waals surface area (Å²) in [6.07, 6.45) is 3.83. The zero-order valence-electron chi connectivity index (χ0n) is 15.9. The van der Waals surface area contributed by atoms with Crippen molar-refractivity contribution < 1.29 is 5.11 Å². The van der Waals surface area contributed by atoms with Crippen LogP contribution in [0.4, 0.5) is 0 Å². The lowest BCUT2D eigenvalue weighted by Crippen LogP contribution is -2.56. The summed E-state index contributed by atoms with van der Waals surface area (Å²) >= 11 is 0. The Morgan fingerprint density at radius 3 is 2.69 bits per heavy atom. The Labute approximate surface area is 156 Å². The van der Waals surface area contributed by atoms with E-state index in [1.807, 2.05) is 6.20 Å². The Kier molecular flexibility index (Phi) is 5.11. The average Bonchev–Trinajstić information content (AvgIpc) is 3.17. The van der Waals surface area contributed by atoms with E-state index in [4.69, 9.17) is 0 Å². The Bertz CT molecular complexity index is 729. The summed E-state index contributed by atoms with van der Waals surface area (Å²) in [7, 11) is 0. The second-order valence-corrected chi connectivity index (χ2v) is 7.84. The lowest BCUT2D eigenvalue weighted by Gasteiger charge is -2.43. The molecule has 1 aromatic carbocycles. The van der Waals surface area contributed by atoms with Crippen LogP contribution in [0.2, 0.25) is 0 Å². The average molecular weight is 354 g/mol. The van der Waals surface area contributed by atoms with Crippen LogP contribution < -0.4 is 0 Å². The van der Waals surface area contributed by atoms with Crippen LogP contribution in [-0.2, 0) is 19.5 Å². The Morgan fingerprint density at radius 2 is 1.96 bits per heavy atom. The minimum absolute atomic E-state index is 0.165. The van der Waals surface area contributed by atoms with Gasteiger partial charge in [-0.15, -0.1) is 0 Å². The van der Waals surface area contributed by atoms with Crippen LogP contribution >= 0.6 is 0 Å². The predicted molar refractivity (Wildman–Crippen MR) is 103 cm³/mol. The number of fused-ring (bicyclic) bond motifs is 1. The Morgan fingerprint density at radius 1 is 1.15 bits per heavy atom. The fourth-order valence-electron chi connectivity index (χ4n) is 4.63. The smallest absolute Gasteiger partial charge is 0.0682 e. The van der Waals surface area contributed by atoms with Gasteiger partial charge in [-0.2, -0.15) is 5.10 Å². The maximum Gasteiger partial charge on any atom is 0.0682 e. The number of hydrogen-bond acceptors (Lipinski definition) is 4. The van der Waals surface area contributed by atoms with Crippen LogP contribution in [0.15, 0.2) is 36.5 Å². The standard InChI is InChI=1S/C21H30N4O/c1-3-25-16(2)18(11-22-25)12-23-14-20-10-21(26)15-24(20)13-19(23)9-17-7-5-4-6-8-17/h4-8,11,19-21,26H,3,9-10,12-15H2,1-2H3/t19-,20+,21-/m1/s1. The third kappa shape index (κ3) is 3.56. The highest BCUT2D eigenvalue weighted by molar-refractivity contribution is 5.19. The first-order chi connectivity index (χ1) is 12.6. The van der Waals surface area contributed by atoms with Crippen LogP contribution in [0, 0.1) is 6.92 Å². The molecule has 2 aromatic rings. The van der Waals surface area contributed by atoms with Gasteiger partial charge in [-0.05, 0) is 32.3 Å². The van der Waals surface area contributed by atoms with Crippen molar-refractivity contribution in [1.29, 1.82) is 0 Å². The van der Waals surface area contributed by atoms with Gasteiger partial charge in [0, 0.05) is 56.1 Å². The molecule has 0 radical (unpaired) electrons. The van der Waals surface area contributed by atoms with Crippen LogP contribution in [-0.4, -0.2) is 62.5 Å². The van der Waals surface area contributed by atoms with Gasteiger partial charge in [0.2, 0.25) is 0 Å². The molecule has 0 bridgehead atoms. The molecule has 2 aliphatic rings. The van der Waals surface area contributed by atoms with E-state index >= 15 is 0 Å². The van der Waals surface area contributed by atoms with Crippen LogP contribution in [0.5, 0.6) is 0 Å². The van der Waals surface area contributed by atoms with Gasteiger partial charge in [0.25, 0.3) is 0 Å². The van der Waals surface area contributed by atoms with Crippen molar-refractivity contribution >= 4 is 0 Å². The molecule has 140 valence electrons. The summed E-state index contributed by atoms with van der Waals surface area (Å²) in [5.41, 5.74) is 4.00. The van der Waals surface area contributed by atoms with Gasteiger partial charge in [0.05, 0.1) is 12.3 Å². The summed E-state index contributed by atoms with van der Waals surface area (Å²) in [6, 6.07) is 11.7. The minimum atomic E-state index is -0.165. The molecule has 2 saturated heterocycles. The predicted octanol–water partition coefficient (Wildman–Crippen LogP) is 2.07. The largest absolute Gasteiger partial charge is 0.392 e. The third-order valence-corrected chi connectivity index (χ3v) is 6.10. The summed E-state index contributed by atoms with van der Waals surface area (Å²) < 4.78 is 2.08. The van der Waals surface area contributed by atoms with E-state index < -0.39 is 0 Å². The molecule has 0 spiro atoms. The van der Waals surface area contributed by atoms with Crippen molar-refractivity contribution in [2.24, 2.45) is 0 Å². The van der Waals surface area contributed by atoms with E-state index in [-0.39, 0.29) is 6.10 Å². The maximum absolute atomic E-state index is 10.1. The number of aliphatic hydroxyl groups is 1. The lowest BCUT2D eigenvalue weighted by molar-refractivity contribution is 0.0443. The Hall–Kier alpha value is -1.69. The van der Waals surface area contributed by atoms with E-state index in [0.717, 1.165) is 45.6 Å². The number of piperazine rings is 1. The first kappa shape index (κ1) is 17.7. The first-order valence-electron chi connectivity index (χ1n) is 9.85. The number of hydrogen-bond donors (Lipinski definition) is 1. The summed E-state index contributed by atoms with van der Waals surface area (Å²) in [5.74, 6) is 0. The molecule has 0 unspecified atom stereocenters. The number of rotatable bonds is 5. The fourth-order valence-corrected chi connectivity index (χ4v) is 4.63. The molecule has 0 aliphatic carbocycles. The van der Waals surface area contributed by atoms with Crippen molar-refractivity contribution in [2.45, 2.75) is 58.0 Å². The normalized spacial score (nSPS) is 27.0. The molecule has 4 rings (SSSR count). The SMILES string of the molecule is CCn1ncc(CN2C[C@@H]3C[C@@H](O)CN3C[C@H]2Cc2ccccc2)c1C. The second kappa shape index (κ2) is 7.51. The number of aliphatic hydroxyl groups excluding tert-OH is 1. The Balaban J connectivity index is 1.54. The number of aryl methyl sites for hydroxylation is 1. The van der Waals surface area contributed by atoms with Crippen molar-refractivity contribution in [1.82, 2.24) is 19.6 Å². The molecule has 1 aromatic heterocycles. The summed E-state index contributed by atoms with van der Waals surface area (Å²) in [4.78, 5) is 5.12. The van der Waals surface area contributed by atoms with E-state index in [0.29, 0.717) is 12.1 Å². The molecule has 3 atom stereocenters. The summed E-state index contributed by atoms with van der Waals surface area (Å²) in [5, 5.41) is 14.6. The highest BCUT2D eigenvalue weighted by Crippen LogP contribution is 2.28. The minimum Gasteiger partial charge on any atom is -0.392 e. The van der Waals surface area contributed by atoms with Gasteiger partial charge >= 0.3 is 0 Å². The second-order valence-electron chi connectivity index (χ2n) is 7.84. The van der Waals surface area contributed by atoms with Crippen LogP contribution in [0.3, 0.4) is 0 Å². The van der Waals surface area contributed by atoms with Gasteiger partial charge < -0.3 is 5.11 Å². The van der Waals surface area contributed by atoms with Gasteiger partial charge in [0.15, 0.2) is 0 Å². The third-order valence-electron chi connectivity index (χ3n) is 6.10. The molecule has 2 aliphatic heterocycles. The van der Waals surface area contributed by atoms with Crippen molar-refractivity contribution in [2.75, 3.05) is 19.6 Å². The topological polar surface area (TPSA) is 44.5 Å². The highest BCUT2D eigenvalue weighted by Gasteiger charge is 2.39. The maximum atomic E-state index is 10.1. The zero-order valence-corrected chi connectivity index (χ0v) is 15.9. The fraction of sp³-hybridized carbons (Fsp3) is 0.571. The van der Waals surface area contributed by atoms with Crippen LogP contribution in [0.1, 0.15) is 30.2 Å². The van der Waals surface area contributed by atoms with E-state index in [9.17, 15) is 5.11 Å². The van der Waals surface area contributed by atoms with Crippen molar-refractivity contribution in [3.05, 3.63) is 53.3 Å². The molecule has 3 heterocycles. The molecule has 0 amide bonds. The van der Waals surface area contributed by atoms with Gasteiger partial charge in [-0.1, -0.05) is 30.3 Å². The van der Waals surface area contributed by atoms with Crippen LogP contribution in [0.25, 0.3) is 0 Å². The lowest BCUT2D eigenvalue weighted by atomic mass is 9.99. The monoisotopic (exact) mass is 354 g/mol. The molecule has 1 N–H and O–H groups in total. The molecular formula is C21H30N4O. The van der Waals surface area contributed by atoms with E-state index in [1.54, 1.807) is 0 Å². The number of nitrogens with zero attached hydrogens (tertiary/aromatic N) is 4. The summed E-state index contributed by atoms with van der Waals surface area (Å²) in [6.45, 7) is 9.08.